The van der Waals surface area contributed by atoms with Gasteiger partial charge in [-0.1, -0.05) is 36.4 Å². The second-order valence-electron chi connectivity index (χ2n) is 5.73. The Hall–Kier alpha value is -2.38. The number of amides is 1. The molecule has 2 rings (SSSR count). The Kier molecular flexibility index (Phi) is 8.02. The number of methoxy groups -OCH3 is 1. The highest BCUT2D eigenvalue weighted by molar-refractivity contribution is 8.01. The second-order valence-corrected chi connectivity index (χ2v) is 7.96. The predicted molar refractivity (Wildman–Crippen MR) is 110 cm³/mol. The van der Waals surface area contributed by atoms with Crippen LogP contribution >= 0.6 is 23.1 Å². The fourth-order valence-corrected chi connectivity index (χ4v) is 3.91. The first-order valence-electron chi connectivity index (χ1n) is 8.52. The lowest BCUT2D eigenvalue weighted by atomic mass is 10.3. The molecular weight excluding hydrogens is 406 g/mol. The molecule has 0 unspecified atom stereocenters. The Morgan fingerprint density at radius 2 is 2.11 bits per heavy atom. The third-order valence-electron chi connectivity index (χ3n) is 3.78. The lowest BCUT2D eigenvalue weighted by molar-refractivity contribution is -0.116. The van der Waals surface area contributed by atoms with Crippen molar-refractivity contribution in [2.45, 2.75) is 30.6 Å². The van der Waals surface area contributed by atoms with Crippen molar-refractivity contribution < 1.29 is 9.53 Å². The largest absolute Gasteiger partial charge is 0.383 e. The van der Waals surface area contributed by atoms with Crippen molar-refractivity contribution in [3.05, 3.63) is 20.8 Å². The number of nitrogens with one attached hydrogen (secondary N) is 1. The van der Waals surface area contributed by atoms with E-state index in [0.717, 1.165) is 29.5 Å². The molecule has 0 radical (unpaired) electrons. The topological polar surface area (TPSA) is 162 Å². The van der Waals surface area contributed by atoms with Gasteiger partial charge in [-0.2, -0.15) is 0 Å². The van der Waals surface area contributed by atoms with E-state index in [0.29, 0.717) is 22.4 Å². The molecule has 2 aromatic rings. The van der Waals surface area contributed by atoms with E-state index in [-0.39, 0.29) is 36.3 Å². The number of carbonyl (C=O) groups is 1. The van der Waals surface area contributed by atoms with E-state index in [1.165, 1.54) is 16.6 Å². The van der Waals surface area contributed by atoms with Crippen LogP contribution in [-0.4, -0.2) is 51.7 Å². The summed E-state index contributed by atoms with van der Waals surface area (Å²) in [5.41, 5.74) is 10.3. The number of H-pyrrole nitrogens is 1. The molecule has 11 nitrogen and oxygen atoms in total. The molecule has 28 heavy (non-hydrogen) atoms. The van der Waals surface area contributed by atoms with E-state index in [1.54, 1.807) is 0 Å². The van der Waals surface area contributed by atoms with Crippen molar-refractivity contribution >= 4 is 45.6 Å². The first-order chi connectivity index (χ1) is 13.4. The zero-order valence-corrected chi connectivity index (χ0v) is 17.3. The van der Waals surface area contributed by atoms with Gasteiger partial charge < -0.3 is 21.1 Å². The van der Waals surface area contributed by atoms with E-state index >= 15 is 0 Å². The molecule has 2 aromatic heterocycles. The van der Waals surface area contributed by atoms with Gasteiger partial charge in [-0.05, 0) is 6.42 Å². The van der Waals surface area contributed by atoms with Crippen LogP contribution in [0.1, 0.15) is 19.8 Å². The summed E-state index contributed by atoms with van der Waals surface area (Å²) >= 11 is 2.31. The Labute approximate surface area is 169 Å². The standard InChI is InChI=1S/C15H23N7O4S2/c1-3-4-5-22-11(16)10(12(24)18-14(22)25)21(6-7-26-2)9(23)8-27-15-20-19-13(17)28-15/h3-8,16H2,1-2H3,(H2,17,19)(H,18,24,25). The molecule has 2 heterocycles. The number of aromatic nitrogens is 4. The van der Waals surface area contributed by atoms with E-state index in [9.17, 15) is 14.4 Å². The number of hydrogen-bond acceptors (Lipinski definition) is 10. The minimum absolute atomic E-state index is 0.00862. The van der Waals surface area contributed by atoms with Gasteiger partial charge in [0.15, 0.2) is 10.0 Å². The third kappa shape index (κ3) is 5.33. The molecule has 0 fully saturated rings. The second kappa shape index (κ2) is 10.2. The van der Waals surface area contributed by atoms with Crippen LogP contribution < -0.4 is 27.6 Å². The van der Waals surface area contributed by atoms with Crippen LogP contribution in [0.4, 0.5) is 16.6 Å². The van der Waals surface area contributed by atoms with Gasteiger partial charge in [0.1, 0.15) is 5.82 Å². The molecule has 1 amide bonds. The predicted octanol–water partition coefficient (Wildman–Crippen LogP) is 0.124. The number of carbonyl (C=O) groups excluding carboxylic acids is 1. The van der Waals surface area contributed by atoms with Gasteiger partial charge in [0.2, 0.25) is 11.0 Å². The van der Waals surface area contributed by atoms with E-state index in [1.807, 2.05) is 6.92 Å². The third-order valence-corrected chi connectivity index (χ3v) is 5.65. The van der Waals surface area contributed by atoms with Crippen LogP contribution in [0.25, 0.3) is 0 Å². The molecule has 0 aromatic carbocycles. The maximum atomic E-state index is 12.8. The highest BCUT2D eigenvalue weighted by Crippen LogP contribution is 2.25. The summed E-state index contributed by atoms with van der Waals surface area (Å²) in [6.45, 7) is 2.61. The maximum absolute atomic E-state index is 12.8. The van der Waals surface area contributed by atoms with Gasteiger partial charge in [0.05, 0.1) is 12.4 Å². The molecule has 154 valence electrons. The van der Waals surface area contributed by atoms with Gasteiger partial charge in [0.25, 0.3) is 5.56 Å². The molecule has 0 aliphatic carbocycles. The number of hydrogen-bond donors (Lipinski definition) is 3. The van der Waals surface area contributed by atoms with Gasteiger partial charge in [-0.25, -0.2) is 4.79 Å². The van der Waals surface area contributed by atoms with Crippen LogP contribution in [0.15, 0.2) is 13.9 Å². The lowest BCUT2D eigenvalue weighted by Crippen LogP contribution is -2.43. The fraction of sp³-hybridized carbons (Fsp3) is 0.533. The molecule has 0 spiro atoms. The van der Waals surface area contributed by atoms with E-state index in [4.69, 9.17) is 16.2 Å². The number of nitrogen functional groups attached to an aromatic ring is 2. The molecule has 13 heteroatoms. The normalized spacial score (nSPS) is 10.9. The number of aromatic amines is 1. The SMILES string of the molecule is CCCCn1c(N)c(N(CCOC)C(=O)CSc2nnc(N)s2)c(=O)[nH]c1=O. The molecule has 0 saturated carbocycles. The van der Waals surface area contributed by atoms with Gasteiger partial charge >= 0.3 is 5.69 Å². The summed E-state index contributed by atoms with van der Waals surface area (Å²) < 4.78 is 6.85. The summed E-state index contributed by atoms with van der Waals surface area (Å²) in [7, 11) is 1.48. The average molecular weight is 430 g/mol. The number of thioether (sulfide) groups is 1. The summed E-state index contributed by atoms with van der Waals surface area (Å²) in [5, 5.41) is 7.84. The smallest absolute Gasteiger partial charge is 0.330 e. The van der Waals surface area contributed by atoms with Crippen LogP contribution in [0, 0.1) is 0 Å². The molecular formula is C15H23N7O4S2. The molecule has 0 aliphatic heterocycles. The minimum atomic E-state index is -0.718. The van der Waals surface area contributed by atoms with Crippen molar-refractivity contribution in [3.63, 3.8) is 0 Å². The van der Waals surface area contributed by atoms with Gasteiger partial charge in [-0.3, -0.25) is 19.1 Å². The molecule has 0 saturated heterocycles. The molecule has 0 aliphatic rings. The van der Waals surface area contributed by atoms with Crippen LogP contribution in [-0.2, 0) is 16.1 Å². The van der Waals surface area contributed by atoms with Crippen molar-refractivity contribution in [1.82, 2.24) is 19.7 Å². The van der Waals surface area contributed by atoms with Crippen LogP contribution in [0.2, 0.25) is 0 Å². The number of nitrogens with zero attached hydrogens (tertiary/aromatic N) is 4. The summed E-state index contributed by atoms with van der Waals surface area (Å²) in [4.78, 5) is 40.9. The van der Waals surface area contributed by atoms with Crippen molar-refractivity contribution in [3.8, 4) is 0 Å². The number of nitrogens with two attached hydrogens (primary N) is 2. The molecule has 5 N–H and O–H groups in total. The highest BCUT2D eigenvalue weighted by Gasteiger charge is 2.24. The summed E-state index contributed by atoms with van der Waals surface area (Å²) in [6, 6.07) is 0. The monoisotopic (exact) mass is 429 g/mol. The van der Waals surface area contributed by atoms with Gasteiger partial charge in [-0.15, -0.1) is 10.2 Å². The first kappa shape index (κ1) is 21.9. The van der Waals surface area contributed by atoms with Crippen molar-refractivity contribution in [2.24, 2.45) is 0 Å². The maximum Gasteiger partial charge on any atom is 0.330 e. The molecule has 0 atom stereocenters. The zero-order chi connectivity index (χ0) is 20.7. The van der Waals surface area contributed by atoms with Crippen molar-refractivity contribution in [2.75, 3.05) is 42.4 Å². The lowest BCUT2D eigenvalue weighted by Gasteiger charge is -2.24. The summed E-state index contributed by atoms with van der Waals surface area (Å²) in [5.74, 6) is -0.434. The molecule has 0 bridgehead atoms. The minimum Gasteiger partial charge on any atom is -0.383 e. The number of anilines is 3. The van der Waals surface area contributed by atoms with Crippen molar-refractivity contribution in [1.29, 1.82) is 0 Å². The Bertz CT molecular complexity index is 924. The van der Waals surface area contributed by atoms with Crippen LogP contribution in [0.5, 0.6) is 0 Å². The van der Waals surface area contributed by atoms with Crippen LogP contribution in [0.3, 0.4) is 0 Å². The quantitative estimate of drug-likeness (QED) is 0.445. The number of rotatable bonds is 10. The average Bonchev–Trinajstić information content (AvgIpc) is 3.07. The number of ether oxygens (including phenoxy) is 1. The van der Waals surface area contributed by atoms with E-state index < -0.39 is 11.2 Å². The highest BCUT2D eigenvalue weighted by atomic mass is 32.2. The first-order valence-corrected chi connectivity index (χ1v) is 10.3. The zero-order valence-electron chi connectivity index (χ0n) is 15.6. The van der Waals surface area contributed by atoms with Gasteiger partial charge in [0, 0.05) is 20.2 Å². The Morgan fingerprint density at radius 3 is 2.71 bits per heavy atom. The fourth-order valence-electron chi connectivity index (χ4n) is 2.40. The Balaban J connectivity index is 2.34. The van der Waals surface area contributed by atoms with E-state index in [2.05, 4.69) is 15.2 Å². The Morgan fingerprint density at radius 1 is 1.36 bits per heavy atom. The number of unbranched alkanes of at least 4 members (excludes halogenated alkanes) is 1. The summed E-state index contributed by atoms with van der Waals surface area (Å²) in [6.07, 6.45) is 1.55.